The predicted molar refractivity (Wildman–Crippen MR) is 61.4 cm³/mol. The van der Waals surface area contributed by atoms with Gasteiger partial charge in [-0.25, -0.2) is 0 Å². The second-order valence-electron chi connectivity index (χ2n) is 3.56. The van der Waals surface area contributed by atoms with Gasteiger partial charge in [-0.2, -0.15) is 11.8 Å². The van der Waals surface area contributed by atoms with Gasteiger partial charge in [0.2, 0.25) is 0 Å². The largest absolute Gasteiger partial charge is 0.396 e. The molecule has 0 rings (SSSR count). The van der Waals surface area contributed by atoms with Crippen LogP contribution in [0, 0.1) is 0 Å². The highest BCUT2D eigenvalue weighted by molar-refractivity contribution is 7.99. The third-order valence-corrected chi connectivity index (χ3v) is 3.28. The van der Waals surface area contributed by atoms with Gasteiger partial charge in [-0.15, -0.1) is 0 Å². The average molecular weight is 205 g/mol. The van der Waals surface area contributed by atoms with Crippen molar-refractivity contribution in [1.82, 2.24) is 5.32 Å². The van der Waals surface area contributed by atoms with Crippen molar-refractivity contribution in [3.8, 4) is 0 Å². The smallest absolute Gasteiger partial charge is 0.0431 e. The molecule has 80 valence electrons. The molecule has 0 aromatic rings. The van der Waals surface area contributed by atoms with E-state index in [0.717, 1.165) is 24.6 Å². The lowest BCUT2D eigenvalue weighted by Crippen LogP contribution is -2.28. The first kappa shape index (κ1) is 13.3. The van der Waals surface area contributed by atoms with Crippen LogP contribution in [-0.4, -0.2) is 35.8 Å². The molecule has 2 nitrogen and oxygen atoms in total. The monoisotopic (exact) mass is 205 g/mol. The molecule has 2 N–H and O–H groups in total. The lowest BCUT2D eigenvalue weighted by molar-refractivity contribution is 0.276. The molecule has 0 bridgehead atoms. The molecule has 0 saturated heterocycles. The number of hydrogen-bond acceptors (Lipinski definition) is 3. The van der Waals surface area contributed by atoms with Crippen LogP contribution in [0.1, 0.15) is 33.1 Å². The molecule has 0 radical (unpaired) electrons. The topological polar surface area (TPSA) is 32.3 Å². The van der Waals surface area contributed by atoms with Crippen molar-refractivity contribution in [3.05, 3.63) is 0 Å². The van der Waals surface area contributed by atoms with Gasteiger partial charge < -0.3 is 10.4 Å². The van der Waals surface area contributed by atoms with Crippen LogP contribution in [0.5, 0.6) is 0 Å². The van der Waals surface area contributed by atoms with Gasteiger partial charge in [-0.1, -0.05) is 6.92 Å². The van der Waals surface area contributed by atoms with Crippen molar-refractivity contribution in [3.63, 3.8) is 0 Å². The lowest BCUT2D eigenvalue weighted by atomic mass is 10.2. The summed E-state index contributed by atoms with van der Waals surface area (Å²) in [5.41, 5.74) is 0. The minimum Gasteiger partial charge on any atom is -0.396 e. The van der Waals surface area contributed by atoms with Crippen LogP contribution in [0.4, 0.5) is 0 Å². The number of aliphatic hydroxyl groups is 1. The SMILES string of the molecule is CSC(C)CCNC(C)CCCO. The van der Waals surface area contributed by atoms with E-state index in [1.807, 2.05) is 11.8 Å². The summed E-state index contributed by atoms with van der Waals surface area (Å²) in [7, 11) is 0. The van der Waals surface area contributed by atoms with Gasteiger partial charge in [-0.05, 0) is 39.0 Å². The maximum absolute atomic E-state index is 8.64. The summed E-state index contributed by atoms with van der Waals surface area (Å²) in [4.78, 5) is 0. The average Bonchev–Trinajstić information content (AvgIpc) is 2.14. The van der Waals surface area contributed by atoms with Crippen LogP contribution in [0.3, 0.4) is 0 Å². The van der Waals surface area contributed by atoms with E-state index >= 15 is 0 Å². The van der Waals surface area contributed by atoms with Crippen LogP contribution >= 0.6 is 11.8 Å². The molecule has 0 saturated carbocycles. The predicted octanol–water partition coefficient (Wildman–Crippen LogP) is 1.88. The summed E-state index contributed by atoms with van der Waals surface area (Å²) >= 11 is 1.91. The van der Waals surface area contributed by atoms with E-state index in [-0.39, 0.29) is 0 Å². The Labute approximate surface area is 86.5 Å². The molecule has 0 heterocycles. The maximum atomic E-state index is 8.64. The summed E-state index contributed by atoms with van der Waals surface area (Å²) in [5.74, 6) is 0. The zero-order valence-corrected chi connectivity index (χ0v) is 9.86. The molecular formula is C10H23NOS. The minimum absolute atomic E-state index is 0.313. The highest BCUT2D eigenvalue weighted by Gasteiger charge is 2.02. The van der Waals surface area contributed by atoms with Gasteiger partial charge in [0.15, 0.2) is 0 Å². The van der Waals surface area contributed by atoms with Crippen molar-refractivity contribution in [2.45, 2.75) is 44.4 Å². The summed E-state index contributed by atoms with van der Waals surface area (Å²) in [5, 5.41) is 12.8. The van der Waals surface area contributed by atoms with Gasteiger partial charge in [0.25, 0.3) is 0 Å². The van der Waals surface area contributed by atoms with Gasteiger partial charge in [0.05, 0.1) is 0 Å². The first-order chi connectivity index (χ1) is 6.20. The summed E-state index contributed by atoms with van der Waals surface area (Å²) in [6, 6.07) is 0.543. The second kappa shape index (κ2) is 8.85. The fraction of sp³-hybridized carbons (Fsp3) is 1.00. The number of rotatable bonds is 8. The Balaban J connectivity index is 3.21. The molecule has 0 aliphatic rings. The molecule has 2 atom stereocenters. The molecule has 0 fully saturated rings. The van der Waals surface area contributed by atoms with Gasteiger partial charge >= 0.3 is 0 Å². The van der Waals surface area contributed by atoms with E-state index in [2.05, 4.69) is 25.4 Å². The molecule has 13 heavy (non-hydrogen) atoms. The Morgan fingerprint density at radius 3 is 2.54 bits per heavy atom. The Kier molecular flexibility index (Phi) is 9.03. The Morgan fingerprint density at radius 1 is 1.31 bits per heavy atom. The van der Waals surface area contributed by atoms with E-state index in [1.54, 1.807) is 0 Å². The highest BCUT2D eigenvalue weighted by Crippen LogP contribution is 2.08. The van der Waals surface area contributed by atoms with Gasteiger partial charge in [0, 0.05) is 17.9 Å². The van der Waals surface area contributed by atoms with Crippen LogP contribution in [0.25, 0.3) is 0 Å². The van der Waals surface area contributed by atoms with E-state index in [0.29, 0.717) is 12.6 Å². The fourth-order valence-corrected chi connectivity index (χ4v) is 1.50. The second-order valence-corrected chi connectivity index (χ2v) is 4.83. The van der Waals surface area contributed by atoms with E-state index < -0.39 is 0 Å². The third kappa shape index (κ3) is 8.60. The van der Waals surface area contributed by atoms with Crippen LogP contribution < -0.4 is 5.32 Å². The summed E-state index contributed by atoms with van der Waals surface area (Å²) in [6.45, 7) is 5.84. The van der Waals surface area contributed by atoms with Gasteiger partial charge in [0.1, 0.15) is 0 Å². The molecule has 0 aliphatic heterocycles. The van der Waals surface area contributed by atoms with Crippen molar-refractivity contribution in [1.29, 1.82) is 0 Å². The molecule has 0 amide bonds. The molecule has 0 spiro atoms. The van der Waals surface area contributed by atoms with Gasteiger partial charge in [-0.3, -0.25) is 0 Å². The number of aliphatic hydroxyl groups excluding tert-OH is 1. The Morgan fingerprint density at radius 2 is 2.00 bits per heavy atom. The van der Waals surface area contributed by atoms with Crippen molar-refractivity contribution in [2.75, 3.05) is 19.4 Å². The molecule has 0 aliphatic carbocycles. The van der Waals surface area contributed by atoms with Crippen molar-refractivity contribution < 1.29 is 5.11 Å². The minimum atomic E-state index is 0.313. The zero-order valence-electron chi connectivity index (χ0n) is 9.05. The third-order valence-electron chi connectivity index (χ3n) is 2.24. The summed E-state index contributed by atoms with van der Waals surface area (Å²) in [6.07, 6.45) is 5.36. The normalized spacial score (nSPS) is 15.7. The van der Waals surface area contributed by atoms with E-state index in [4.69, 9.17) is 5.11 Å². The maximum Gasteiger partial charge on any atom is 0.0431 e. The number of thioether (sulfide) groups is 1. The number of hydrogen-bond donors (Lipinski definition) is 2. The van der Waals surface area contributed by atoms with Crippen molar-refractivity contribution in [2.24, 2.45) is 0 Å². The number of nitrogens with one attached hydrogen (secondary N) is 1. The standard InChI is InChI=1S/C10H23NOS/c1-9(5-4-8-12)11-7-6-10(2)13-3/h9-12H,4-8H2,1-3H3. The molecule has 0 aromatic carbocycles. The molecule has 0 aromatic heterocycles. The Bertz CT molecular complexity index is 111. The van der Waals surface area contributed by atoms with E-state index in [1.165, 1.54) is 6.42 Å². The fourth-order valence-electron chi connectivity index (χ4n) is 1.15. The lowest BCUT2D eigenvalue weighted by Gasteiger charge is -2.14. The summed E-state index contributed by atoms with van der Waals surface area (Å²) < 4.78 is 0. The zero-order chi connectivity index (χ0) is 10.1. The highest BCUT2D eigenvalue weighted by atomic mass is 32.2. The molecule has 2 unspecified atom stereocenters. The molecule has 3 heteroatoms. The van der Waals surface area contributed by atoms with Crippen LogP contribution in [-0.2, 0) is 0 Å². The van der Waals surface area contributed by atoms with E-state index in [9.17, 15) is 0 Å². The van der Waals surface area contributed by atoms with Crippen LogP contribution in [0.2, 0.25) is 0 Å². The van der Waals surface area contributed by atoms with Crippen LogP contribution in [0.15, 0.2) is 0 Å². The first-order valence-corrected chi connectivity index (χ1v) is 6.36. The Hall–Kier alpha value is 0.270. The first-order valence-electron chi connectivity index (χ1n) is 5.07. The molecular weight excluding hydrogens is 182 g/mol. The quantitative estimate of drug-likeness (QED) is 0.634. The van der Waals surface area contributed by atoms with Crippen molar-refractivity contribution >= 4 is 11.8 Å².